The number of hydrogen-bond acceptors (Lipinski definition) is 2. The fourth-order valence-electron chi connectivity index (χ4n) is 1.81. The maximum atomic E-state index is 5.75. The van der Waals surface area contributed by atoms with Crippen molar-refractivity contribution in [2.45, 2.75) is 26.3 Å². The summed E-state index contributed by atoms with van der Waals surface area (Å²) in [7, 11) is 0. The third-order valence-corrected chi connectivity index (χ3v) is 2.49. The molecule has 0 saturated carbocycles. The molecular weight excluding hydrogens is 174 g/mol. The Morgan fingerprint density at radius 2 is 2.29 bits per heavy atom. The topological polar surface area (TPSA) is 54.7 Å². The lowest BCUT2D eigenvalue weighted by molar-refractivity contribution is 0.813. The van der Waals surface area contributed by atoms with Crippen LogP contribution in [0.2, 0.25) is 0 Å². The molecule has 14 heavy (non-hydrogen) atoms. The molecular formula is C11H15N3. The van der Waals surface area contributed by atoms with Gasteiger partial charge >= 0.3 is 0 Å². The van der Waals surface area contributed by atoms with Gasteiger partial charge in [0.15, 0.2) is 0 Å². The minimum Gasteiger partial charge on any atom is -0.343 e. The molecule has 3 nitrogen and oxygen atoms in total. The zero-order valence-electron chi connectivity index (χ0n) is 8.54. The van der Waals surface area contributed by atoms with E-state index >= 15 is 0 Å². The fraction of sp³-hybridized carbons (Fsp3) is 0.364. The second-order valence-corrected chi connectivity index (χ2v) is 3.78. The number of aromatic amines is 1. The number of pyridine rings is 1. The van der Waals surface area contributed by atoms with Gasteiger partial charge in [0, 0.05) is 23.8 Å². The first-order chi connectivity index (χ1) is 6.74. The average molecular weight is 189 g/mol. The normalized spacial score (nSPS) is 11.4. The number of H-pyrrole nitrogens is 1. The molecule has 0 amide bonds. The number of aromatic nitrogens is 2. The molecule has 0 aromatic carbocycles. The summed E-state index contributed by atoms with van der Waals surface area (Å²) < 4.78 is 0. The van der Waals surface area contributed by atoms with Crippen LogP contribution in [0.15, 0.2) is 18.3 Å². The molecule has 0 radical (unpaired) electrons. The molecule has 0 aliphatic carbocycles. The lowest BCUT2D eigenvalue weighted by Crippen LogP contribution is -2.00. The van der Waals surface area contributed by atoms with Crippen LogP contribution in [0, 0.1) is 0 Å². The SMILES string of the molecule is CC(C)c1[nH]c2ncccc2c1CN. The third-order valence-electron chi connectivity index (χ3n) is 2.49. The van der Waals surface area contributed by atoms with Crippen molar-refractivity contribution in [3.8, 4) is 0 Å². The molecule has 0 aliphatic rings. The maximum Gasteiger partial charge on any atom is 0.137 e. The fourth-order valence-corrected chi connectivity index (χ4v) is 1.81. The van der Waals surface area contributed by atoms with Crippen LogP contribution in [0.1, 0.15) is 31.0 Å². The highest BCUT2D eigenvalue weighted by Gasteiger charge is 2.12. The van der Waals surface area contributed by atoms with Gasteiger partial charge < -0.3 is 10.7 Å². The van der Waals surface area contributed by atoms with E-state index in [4.69, 9.17) is 5.73 Å². The number of nitrogens with zero attached hydrogens (tertiary/aromatic N) is 1. The van der Waals surface area contributed by atoms with Crippen LogP contribution >= 0.6 is 0 Å². The van der Waals surface area contributed by atoms with Gasteiger partial charge in [-0.1, -0.05) is 13.8 Å². The molecule has 0 aliphatic heterocycles. The highest BCUT2D eigenvalue weighted by Crippen LogP contribution is 2.25. The summed E-state index contributed by atoms with van der Waals surface area (Å²) >= 11 is 0. The molecule has 3 N–H and O–H groups in total. The van der Waals surface area contributed by atoms with Gasteiger partial charge in [-0.05, 0) is 23.6 Å². The minimum absolute atomic E-state index is 0.461. The van der Waals surface area contributed by atoms with Gasteiger partial charge in [-0.15, -0.1) is 0 Å². The highest BCUT2D eigenvalue weighted by atomic mass is 14.9. The molecule has 0 saturated heterocycles. The Bertz CT molecular complexity index is 443. The predicted octanol–water partition coefficient (Wildman–Crippen LogP) is 2.15. The van der Waals surface area contributed by atoms with Crippen molar-refractivity contribution < 1.29 is 0 Å². The molecule has 0 bridgehead atoms. The Hall–Kier alpha value is -1.35. The van der Waals surface area contributed by atoms with Gasteiger partial charge in [-0.3, -0.25) is 0 Å². The quantitative estimate of drug-likeness (QED) is 0.760. The summed E-state index contributed by atoms with van der Waals surface area (Å²) in [5.41, 5.74) is 9.10. The average Bonchev–Trinajstić information content (AvgIpc) is 2.56. The second-order valence-electron chi connectivity index (χ2n) is 3.78. The van der Waals surface area contributed by atoms with E-state index in [0.29, 0.717) is 12.5 Å². The third kappa shape index (κ3) is 1.30. The Balaban J connectivity index is 2.72. The van der Waals surface area contributed by atoms with Crippen molar-refractivity contribution in [1.82, 2.24) is 9.97 Å². The van der Waals surface area contributed by atoms with Crippen molar-refractivity contribution >= 4 is 11.0 Å². The van der Waals surface area contributed by atoms with E-state index < -0.39 is 0 Å². The largest absolute Gasteiger partial charge is 0.343 e. The van der Waals surface area contributed by atoms with Crippen LogP contribution in [0.4, 0.5) is 0 Å². The van der Waals surface area contributed by atoms with Gasteiger partial charge in [0.1, 0.15) is 5.65 Å². The zero-order valence-corrected chi connectivity index (χ0v) is 8.54. The van der Waals surface area contributed by atoms with Crippen LogP contribution < -0.4 is 5.73 Å². The van der Waals surface area contributed by atoms with Crippen LogP contribution in [0.3, 0.4) is 0 Å². The first kappa shape index (κ1) is 9.21. The Kier molecular flexibility index (Phi) is 2.25. The summed E-state index contributed by atoms with van der Waals surface area (Å²) in [6, 6.07) is 4.01. The number of fused-ring (bicyclic) bond motifs is 1. The van der Waals surface area contributed by atoms with E-state index in [1.165, 1.54) is 11.3 Å². The van der Waals surface area contributed by atoms with E-state index in [1.807, 2.05) is 6.07 Å². The zero-order chi connectivity index (χ0) is 10.1. The molecule has 2 heterocycles. The summed E-state index contributed by atoms with van der Waals surface area (Å²) in [5.74, 6) is 0.461. The molecule has 2 rings (SSSR count). The van der Waals surface area contributed by atoms with Crippen LogP contribution in [0.25, 0.3) is 11.0 Å². The van der Waals surface area contributed by atoms with E-state index in [1.54, 1.807) is 6.20 Å². The monoisotopic (exact) mass is 189 g/mol. The molecule has 2 aromatic heterocycles. The maximum absolute atomic E-state index is 5.75. The van der Waals surface area contributed by atoms with Crippen molar-refractivity contribution in [3.63, 3.8) is 0 Å². The highest BCUT2D eigenvalue weighted by molar-refractivity contribution is 5.81. The van der Waals surface area contributed by atoms with Gasteiger partial charge in [0.2, 0.25) is 0 Å². The van der Waals surface area contributed by atoms with E-state index in [2.05, 4.69) is 29.9 Å². The number of nitrogens with two attached hydrogens (primary N) is 1. The van der Waals surface area contributed by atoms with Crippen molar-refractivity contribution in [2.75, 3.05) is 0 Å². The van der Waals surface area contributed by atoms with Crippen molar-refractivity contribution in [2.24, 2.45) is 5.73 Å². The minimum atomic E-state index is 0.461. The van der Waals surface area contributed by atoms with Crippen molar-refractivity contribution in [3.05, 3.63) is 29.6 Å². The van der Waals surface area contributed by atoms with Crippen LogP contribution in [0.5, 0.6) is 0 Å². The summed E-state index contributed by atoms with van der Waals surface area (Å²) in [4.78, 5) is 7.61. The molecule has 3 heteroatoms. The summed E-state index contributed by atoms with van der Waals surface area (Å²) in [6.45, 7) is 4.88. The smallest absolute Gasteiger partial charge is 0.137 e. The van der Waals surface area contributed by atoms with Crippen molar-refractivity contribution in [1.29, 1.82) is 0 Å². The Morgan fingerprint density at radius 3 is 2.93 bits per heavy atom. The van der Waals surface area contributed by atoms with E-state index in [9.17, 15) is 0 Å². The van der Waals surface area contributed by atoms with Gasteiger partial charge in [-0.2, -0.15) is 0 Å². The molecule has 74 valence electrons. The Labute approximate surface area is 83.3 Å². The lowest BCUT2D eigenvalue weighted by atomic mass is 10.0. The standard InChI is InChI=1S/C11H15N3/c1-7(2)10-9(6-12)8-4-3-5-13-11(8)14-10/h3-5,7H,6,12H2,1-2H3,(H,13,14). The first-order valence-electron chi connectivity index (χ1n) is 4.89. The lowest BCUT2D eigenvalue weighted by Gasteiger charge is -2.04. The summed E-state index contributed by atoms with van der Waals surface area (Å²) in [6.07, 6.45) is 1.79. The van der Waals surface area contributed by atoms with Gasteiger partial charge in [0.05, 0.1) is 0 Å². The number of nitrogens with one attached hydrogen (secondary N) is 1. The number of rotatable bonds is 2. The second kappa shape index (κ2) is 3.42. The molecule has 2 aromatic rings. The molecule has 0 unspecified atom stereocenters. The molecule has 0 atom stereocenters. The molecule has 0 spiro atoms. The van der Waals surface area contributed by atoms with E-state index in [-0.39, 0.29) is 0 Å². The van der Waals surface area contributed by atoms with E-state index in [0.717, 1.165) is 11.0 Å². The number of hydrogen-bond donors (Lipinski definition) is 2. The van der Waals surface area contributed by atoms with Gasteiger partial charge in [0.25, 0.3) is 0 Å². The van der Waals surface area contributed by atoms with Gasteiger partial charge in [-0.25, -0.2) is 4.98 Å². The first-order valence-corrected chi connectivity index (χ1v) is 4.89. The Morgan fingerprint density at radius 1 is 1.50 bits per heavy atom. The summed E-state index contributed by atoms with van der Waals surface area (Å²) in [5, 5.41) is 1.15. The van der Waals surface area contributed by atoms with Crippen LogP contribution in [-0.4, -0.2) is 9.97 Å². The van der Waals surface area contributed by atoms with Crippen LogP contribution in [-0.2, 0) is 6.54 Å². The predicted molar refractivity (Wildman–Crippen MR) is 58.1 cm³/mol. The molecule has 0 fully saturated rings.